The van der Waals surface area contributed by atoms with E-state index in [1.807, 2.05) is 5.43 Å². The maximum Gasteiger partial charge on any atom is 0.421 e. The van der Waals surface area contributed by atoms with E-state index in [2.05, 4.69) is 0 Å². The second-order valence-electron chi connectivity index (χ2n) is 3.11. The lowest BCUT2D eigenvalue weighted by Gasteiger charge is -2.14. The molecule has 0 unspecified atom stereocenters. The Morgan fingerprint density at radius 1 is 1.54 bits per heavy atom. The number of hydrogen-bond acceptors (Lipinski definition) is 5. The summed E-state index contributed by atoms with van der Waals surface area (Å²) in [7, 11) is 0. The van der Waals surface area contributed by atoms with Gasteiger partial charge in [-0.15, -0.1) is 0 Å². The largest absolute Gasteiger partial charge is 0.442 e. The van der Waals surface area contributed by atoms with Crippen LogP contribution in [-0.4, -0.2) is 31.7 Å². The Kier molecular flexibility index (Phi) is 2.34. The van der Waals surface area contributed by atoms with Gasteiger partial charge in [-0.2, -0.15) is 0 Å². The molecule has 0 saturated carbocycles. The van der Waals surface area contributed by atoms with Gasteiger partial charge in [-0.05, 0) is 6.42 Å². The molecule has 0 aromatic carbocycles. The average molecular weight is 188 g/mol. The zero-order valence-corrected chi connectivity index (χ0v) is 7.06. The van der Waals surface area contributed by atoms with Gasteiger partial charge in [-0.25, -0.2) is 10.6 Å². The van der Waals surface area contributed by atoms with Crippen molar-refractivity contribution in [3.05, 3.63) is 0 Å². The van der Waals surface area contributed by atoms with E-state index in [0.717, 1.165) is 6.42 Å². The van der Waals surface area contributed by atoms with Crippen LogP contribution < -0.4 is 11.3 Å². The second kappa shape index (κ2) is 3.49. The molecular formula is C7H12N2O4. The fourth-order valence-corrected chi connectivity index (χ4v) is 1.72. The molecule has 2 saturated heterocycles. The van der Waals surface area contributed by atoms with Crippen LogP contribution in [0.5, 0.6) is 0 Å². The van der Waals surface area contributed by atoms with E-state index >= 15 is 0 Å². The molecule has 3 N–H and O–H groups in total. The minimum Gasteiger partial charge on any atom is -0.442 e. The summed E-state index contributed by atoms with van der Waals surface area (Å²) in [5, 5.41) is 0. The molecule has 2 aliphatic rings. The first-order valence-electron chi connectivity index (χ1n) is 4.21. The molecule has 0 bridgehead atoms. The van der Waals surface area contributed by atoms with Gasteiger partial charge in [0.2, 0.25) is 0 Å². The van der Waals surface area contributed by atoms with E-state index in [0.29, 0.717) is 13.2 Å². The Hall–Kier alpha value is -0.850. The number of rotatable bonds is 1. The number of carbonyl (C=O) groups is 1. The van der Waals surface area contributed by atoms with Crippen LogP contribution in [0.1, 0.15) is 6.42 Å². The highest BCUT2D eigenvalue weighted by atomic mass is 16.7. The molecule has 74 valence electrons. The minimum atomic E-state index is -0.624. The molecular weight excluding hydrogens is 176 g/mol. The molecule has 0 spiro atoms. The molecule has 3 atom stereocenters. The standard InChI is InChI=1S/C7H12N2O4/c8-9-7(10)13-5-3-12-6-4(5)1-2-11-6/h4-6H,1-3,8H2,(H,9,10)/t4-,5-,6+/m0/s1. The quantitative estimate of drug-likeness (QED) is 0.324. The van der Waals surface area contributed by atoms with Crippen LogP contribution in [0.4, 0.5) is 4.79 Å². The number of fused-ring (bicyclic) bond motifs is 1. The number of hydrogen-bond donors (Lipinski definition) is 2. The number of carbonyl (C=O) groups excluding carboxylic acids is 1. The van der Waals surface area contributed by atoms with Crippen molar-refractivity contribution in [2.75, 3.05) is 13.2 Å². The smallest absolute Gasteiger partial charge is 0.421 e. The lowest BCUT2D eigenvalue weighted by molar-refractivity contribution is -0.0907. The maximum absolute atomic E-state index is 10.8. The summed E-state index contributed by atoms with van der Waals surface area (Å²) in [5.74, 6) is 5.05. The van der Waals surface area contributed by atoms with Crippen molar-refractivity contribution in [2.24, 2.45) is 11.8 Å². The molecule has 2 rings (SSSR count). The average Bonchev–Trinajstić information content (AvgIpc) is 2.69. The summed E-state index contributed by atoms with van der Waals surface area (Å²) in [4.78, 5) is 10.8. The molecule has 1 amide bonds. The van der Waals surface area contributed by atoms with Gasteiger partial charge >= 0.3 is 6.09 Å². The molecule has 0 aromatic heterocycles. The Bertz CT molecular complexity index is 211. The molecule has 6 heteroatoms. The second-order valence-corrected chi connectivity index (χ2v) is 3.11. The van der Waals surface area contributed by atoms with Crippen molar-refractivity contribution in [3.8, 4) is 0 Å². The van der Waals surface area contributed by atoms with Gasteiger partial charge in [0.25, 0.3) is 0 Å². The predicted octanol–water partition coefficient (Wildman–Crippen LogP) is -0.652. The van der Waals surface area contributed by atoms with Crippen LogP contribution in [-0.2, 0) is 14.2 Å². The van der Waals surface area contributed by atoms with Crippen molar-refractivity contribution < 1.29 is 19.0 Å². The lowest BCUT2D eigenvalue weighted by atomic mass is 10.0. The van der Waals surface area contributed by atoms with Gasteiger partial charge in [-0.3, -0.25) is 5.43 Å². The summed E-state index contributed by atoms with van der Waals surface area (Å²) >= 11 is 0. The fraction of sp³-hybridized carbons (Fsp3) is 0.857. The van der Waals surface area contributed by atoms with Gasteiger partial charge in [0.05, 0.1) is 19.1 Å². The van der Waals surface area contributed by atoms with Gasteiger partial charge in [-0.1, -0.05) is 0 Å². The molecule has 0 radical (unpaired) electrons. The van der Waals surface area contributed by atoms with Gasteiger partial charge in [0.1, 0.15) is 6.10 Å². The normalized spacial score (nSPS) is 37.2. The number of nitrogens with one attached hydrogen (secondary N) is 1. The van der Waals surface area contributed by atoms with Gasteiger partial charge in [0.15, 0.2) is 6.29 Å². The molecule has 2 heterocycles. The van der Waals surface area contributed by atoms with Crippen LogP contribution in [0.2, 0.25) is 0 Å². The summed E-state index contributed by atoms with van der Waals surface area (Å²) in [6.07, 6.45) is -0.180. The Morgan fingerprint density at radius 2 is 2.38 bits per heavy atom. The Morgan fingerprint density at radius 3 is 3.15 bits per heavy atom. The van der Waals surface area contributed by atoms with Crippen LogP contribution >= 0.6 is 0 Å². The first-order valence-corrected chi connectivity index (χ1v) is 4.21. The third-order valence-corrected chi connectivity index (χ3v) is 2.36. The monoisotopic (exact) mass is 188 g/mol. The van der Waals surface area contributed by atoms with E-state index in [4.69, 9.17) is 20.1 Å². The number of amides is 1. The third kappa shape index (κ3) is 1.60. The molecule has 2 fully saturated rings. The summed E-state index contributed by atoms with van der Waals surface area (Å²) in [6, 6.07) is 0. The Balaban J connectivity index is 1.90. The summed E-state index contributed by atoms with van der Waals surface area (Å²) in [5.41, 5.74) is 1.91. The van der Waals surface area contributed by atoms with Gasteiger partial charge in [0, 0.05) is 0 Å². The van der Waals surface area contributed by atoms with E-state index < -0.39 is 6.09 Å². The first-order chi connectivity index (χ1) is 6.31. The first kappa shape index (κ1) is 8.74. The zero-order chi connectivity index (χ0) is 9.26. The number of ether oxygens (including phenoxy) is 3. The Labute approximate surface area is 75.3 Å². The molecule has 0 aliphatic carbocycles. The van der Waals surface area contributed by atoms with Crippen molar-refractivity contribution >= 4 is 6.09 Å². The maximum atomic E-state index is 10.8. The summed E-state index contributed by atoms with van der Waals surface area (Å²) in [6.45, 7) is 1.06. The van der Waals surface area contributed by atoms with Crippen molar-refractivity contribution in [2.45, 2.75) is 18.8 Å². The zero-order valence-electron chi connectivity index (χ0n) is 7.06. The fourth-order valence-electron chi connectivity index (χ4n) is 1.72. The van der Waals surface area contributed by atoms with Crippen molar-refractivity contribution in [1.82, 2.24) is 5.43 Å². The highest BCUT2D eigenvalue weighted by molar-refractivity contribution is 5.66. The topological polar surface area (TPSA) is 82.8 Å². The molecule has 0 aromatic rings. The molecule has 2 aliphatic heterocycles. The summed E-state index contributed by atoms with van der Waals surface area (Å²) < 4.78 is 15.5. The highest BCUT2D eigenvalue weighted by Gasteiger charge is 2.43. The van der Waals surface area contributed by atoms with Crippen molar-refractivity contribution in [3.63, 3.8) is 0 Å². The van der Waals surface area contributed by atoms with Crippen LogP contribution in [0, 0.1) is 5.92 Å². The molecule has 6 nitrogen and oxygen atoms in total. The third-order valence-electron chi connectivity index (χ3n) is 2.36. The lowest BCUT2D eigenvalue weighted by Crippen LogP contribution is -2.36. The van der Waals surface area contributed by atoms with Crippen LogP contribution in [0.15, 0.2) is 0 Å². The minimum absolute atomic E-state index is 0.164. The highest BCUT2D eigenvalue weighted by Crippen LogP contribution is 2.32. The van der Waals surface area contributed by atoms with Crippen LogP contribution in [0.25, 0.3) is 0 Å². The number of hydrazine groups is 1. The van der Waals surface area contributed by atoms with Crippen molar-refractivity contribution in [1.29, 1.82) is 0 Å². The predicted molar refractivity (Wildman–Crippen MR) is 41.4 cm³/mol. The van der Waals surface area contributed by atoms with E-state index in [1.165, 1.54) is 0 Å². The van der Waals surface area contributed by atoms with E-state index in [9.17, 15) is 4.79 Å². The van der Waals surface area contributed by atoms with Crippen LogP contribution in [0.3, 0.4) is 0 Å². The SMILES string of the molecule is NNC(=O)O[C@H]1CO[C@H]2OCC[C@H]21. The molecule has 13 heavy (non-hydrogen) atoms. The van der Waals surface area contributed by atoms with E-state index in [1.54, 1.807) is 0 Å². The van der Waals surface area contributed by atoms with Gasteiger partial charge < -0.3 is 14.2 Å². The number of nitrogens with two attached hydrogens (primary N) is 1. The van der Waals surface area contributed by atoms with E-state index in [-0.39, 0.29) is 18.3 Å².